The molecule has 0 aliphatic rings. The molecule has 7 heteroatoms. The van der Waals surface area contributed by atoms with Gasteiger partial charge in [0.25, 0.3) is 5.91 Å². The number of para-hydroxylation sites is 1. The second-order valence-corrected chi connectivity index (χ2v) is 9.93. The third-order valence-electron chi connectivity index (χ3n) is 7.18. The van der Waals surface area contributed by atoms with Gasteiger partial charge in [0.1, 0.15) is 16.9 Å². The lowest BCUT2D eigenvalue weighted by Crippen LogP contribution is -2.53. The number of carbonyl (C=O) groups excluding carboxylic acids is 2. The summed E-state index contributed by atoms with van der Waals surface area (Å²) in [4.78, 5) is 40.4. The van der Waals surface area contributed by atoms with Gasteiger partial charge in [-0.25, -0.2) is 4.79 Å². The molecule has 0 saturated carbocycles. The summed E-state index contributed by atoms with van der Waals surface area (Å²) in [5.74, 6) is -0.354. The first-order chi connectivity index (χ1) is 17.7. The van der Waals surface area contributed by atoms with E-state index in [9.17, 15) is 14.4 Å². The fourth-order valence-electron chi connectivity index (χ4n) is 4.64. The van der Waals surface area contributed by atoms with Gasteiger partial charge in [0.2, 0.25) is 5.91 Å². The van der Waals surface area contributed by atoms with Gasteiger partial charge in [-0.15, -0.1) is 0 Å². The Morgan fingerprint density at radius 2 is 1.70 bits per heavy atom. The average molecular weight is 502 g/mol. The van der Waals surface area contributed by atoms with Crippen LogP contribution >= 0.6 is 0 Å². The van der Waals surface area contributed by atoms with Gasteiger partial charge in [-0.1, -0.05) is 38.0 Å². The standard InChI is InChI=1S/C30H35N3O4/c1-6-8-9-12-21-16-17-23(28(35)37-21)27(34)32(5)30(3,4)29(36)31-20-15-18-26-24(19-20)22-13-10-11-14-25(22)33(26)7-2/h10-11,13-19H,6-9,12H2,1-5H3,(H,31,36). The number of nitrogens with zero attached hydrogens (tertiary/aromatic N) is 2. The summed E-state index contributed by atoms with van der Waals surface area (Å²) in [7, 11) is 1.52. The Bertz CT molecular complexity index is 1510. The molecule has 0 aliphatic carbocycles. The highest BCUT2D eigenvalue weighted by Gasteiger charge is 2.37. The molecule has 2 aromatic carbocycles. The summed E-state index contributed by atoms with van der Waals surface area (Å²) in [5.41, 5.74) is 0.885. The zero-order valence-corrected chi connectivity index (χ0v) is 22.3. The SMILES string of the molecule is CCCCCc1ccc(C(=O)N(C)C(C)(C)C(=O)Nc2ccc3c(c2)c2ccccc2n3CC)c(=O)o1. The van der Waals surface area contributed by atoms with E-state index in [0.29, 0.717) is 17.9 Å². The minimum Gasteiger partial charge on any atom is -0.427 e. The van der Waals surface area contributed by atoms with Crippen LogP contribution in [-0.2, 0) is 17.8 Å². The first-order valence-corrected chi connectivity index (χ1v) is 12.9. The molecule has 2 aromatic heterocycles. The van der Waals surface area contributed by atoms with E-state index in [1.165, 1.54) is 18.0 Å². The number of unbranched alkanes of at least 4 members (excludes halogenated alkanes) is 2. The molecular formula is C30H35N3O4. The predicted molar refractivity (Wildman–Crippen MR) is 148 cm³/mol. The van der Waals surface area contributed by atoms with Crippen molar-refractivity contribution in [3.05, 3.63) is 76.3 Å². The first kappa shape index (κ1) is 26.2. The molecule has 0 saturated heterocycles. The molecule has 194 valence electrons. The molecule has 2 heterocycles. The number of nitrogens with one attached hydrogen (secondary N) is 1. The van der Waals surface area contributed by atoms with Crippen LogP contribution in [0.5, 0.6) is 0 Å². The van der Waals surface area contributed by atoms with Crippen molar-refractivity contribution in [2.24, 2.45) is 0 Å². The van der Waals surface area contributed by atoms with Crippen molar-refractivity contribution < 1.29 is 14.0 Å². The summed E-state index contributed by atoms with van der Waals surface area (Å²) in [6.07, 6.45) is 3.69. The summed E-state index contributed by atoms with van der Waals surface area (Å²) in [6, 6.07) is 17.2. The fourth-order valence-corrected chi connectivity index (χ4v) is 4.64. The highest BCUT2D eigenvalue weighted by Crippen LogP contribution is 2.31. The number of carbonyl (C=O) groups is 2. The van der Waals surface area contributed by atoms with Crippen molar-refractivity contribution in [2.75, 3.05) is 12.4 Å². The highest BCUT2D eigenvalue weighted by molar-refractivity contribution is 6.10. The molecule has 0 bridgehead atoms. The van der Waals surface area contributed by atoms with Crippen molar-refractivity contribution in [2.45, 2.75) is 65.5 Å². The summed E-state index contributed by atoms with van der Waals surface area (Å²) in [6.45, 7) is 8.36. The van der Waals surface area contributed by atoms with Gasteiger partial charge in [-0.2, -0.15) is 0 Å². The van der Waals surface area contributed by atoms with Crippen molar-refractivity contribution in [1.29, 1.82) is 0 Å². The molecule has 0 unspecified atom stereocenters. The number of aryl methyl sites for hydroxylation is 2. The van der Waals surface area contributed by atoms with Crippen molar-refractivity contribution in [1.82, 2.24) is 9.47 Å². The molecule has 1 N–H and O–H groups in total. The Balaban J connectivity index is 1.54. The topological polar surface area (TPSA) is 84.5 Å². The molecule has 0 radical (unpaired) electrons. The van der Waals surface area contributed by atoms with Gasteiger partial charge in [0.05, 0.1) is 0 Å². The smallest absolute Gasteiger partial charge is 0.348 e. The molecule has 0 aliphatic heterocycles. The number of benzene rings is 2. The lowest BCUT2D eigenvalue weighted by molar-refractivity contribution is -0.124. The van der Waals surface area contributed by atoms with Gasteiger partial charge in [-0.05, 0) is 63.6 Å². The third-order valence-corrected chi connectivity index (χ3v) is 7.18. The van der Waals surface area contributed by atoms with Crippen LogP contribution in [0.4, 0.5) is 5.69 Å². The number of aromatic nitrogens is 1. The highest BCUT2D eigenvalue weighted by atomic mass is 16.4. The van der Waals surface area contributed by atoms with Gasteiger partial charge < -0.3 is 19.2 Å². The van der Waals surface area contributed by atoms with E-state index >= 15 is 0 Å². The molecule has 7 nitrogen and oxygen atoms in total. The monoisotopic (exact) mass is 501 g/mol. The maximum Gasteiger partial charge on any atom is 0.348 e. The maximum atomic E-state index is 13.3. The molecule has 37 heavy (non-hydrogen) atoms. The summed E-state index contributed by atoms with van der Waals surface area (Å²) < 4.78 is 7.62. The van der Waals surface area contributed by atoms with E-state index in [1.54, 1.807) is 19.9 Å². The van der Waals surface area contributed by atoms with Gasteiger partial charge in [0, 0.05) is 47.5 Å². The number of hydrogen-bond acceptors (Lipinski definition) is 4. The second kappa shape index (κ2) is 10.6. The molecular weight excluding hydrogens is 466 g/mol. The van der Waals surface area contributed by atoms with E-state index < -0.39 is 17.1 Å². The normalized spacial score (nSPS) is 11.7. The van der Waals surface area contributed by atoms with Crippen LogP contribution in [0.3, 0.4) is 0 Å². The molecule has 0 fully saturated rings. The van der Waals surface area contributed by atoms with Crippen molar-refractivity contribution in [3.8, 4) is 0 Å². The molecule has 4 rings (SSSR count). The van der Waals surface area contributed by atoms with Gasteiger partial charge >= 0.3 is 5.63 Å². The first-order valence-electron chi connectivity index (χ1n) is 12.9. The van der Waals surface area contributed by atoms with Crippen LogP contribution < -0.4 is 10.9 Å². The van der Waals surface area contributed by atoms with Crippen molar-refractivity contribution >= 4 is 39.3 Å². The van der Waals surface area contributed by atoms with E-state index in [1.807, 2.05) is 30.3 Å². The molecule has 2 amide bonds. The quantitative estimate of drug-likeness (QED) is 0.286. The average Bonchev–Trinajstić information content (AvgIpc) is 3.21. The number of rotatable bonds is 9. The zero-order chi connectivity index (χ0) is 26.7. The minimum absolute atomic E-state index is 0.0867. The molecule has 0 spiro atoms. The Morgan fingerprint density at radius 1 is 0.973 bits per heavy atom. The maximum absolute atomic E-state index is 13.3. The molecule has 4 aromatic rings. The Morgan fingerprint density at radius 3 is 2.41 bits per heavy atom. The zero-order valence-electron chi connectivity index (χ0n) is 22.3. The number of hydrogen-bond donors (Lipinski definition) is 1. The number of fused-ring (bicyclic) bond motifs is 3. The van der Waals surface area contributed by atoms with Gasteiger partial charge in [0.15, 0.2) is 0 Å². The van der Waals surface area contributed by atoms with Crippen LogP contribution in [0.15, 0.2) is 63.8 Å². The van der Waals surface area contributed by atoms with E-state index in [2.05, 4.69) is 35.9 Å². The summed E-state index contributed by atoms with van der Waals surface area (Å²) >= 11 is 0. The van der Waals surface area contributed by atoms with Crippen molar-refractivity contribution in [3.63, 3.8) is 0 Å². The van der Waals surface area contributed by atoms with E-state index in [0.717, 1.165) is 47.6 Å². The lowest BCUT2D eigenvalue weighted by Gasteiger charge is -2.34. The third kappa shape index (κ3) is 5.03. The minimum atomic E-state index is -1.23. The van der Waals surface area contributed by atoms with Crippen LogP contribution in [0.2, 0.25) is 0 Å². The Kier molecular flexibility index (Phi) is 7.52. The van der Waals surface area contributed by atoms with E-state index in [-0.39, 0.29) is 11.5 Å². The lowest BCUT2D eigenvalue weighted by atomic mass is 10.0. The number of anilines is 1. The van der Waals surface area contributed by atoms with Crippen LogP contribution in [0.1, 0.15) is 63.1 Å². The fraction of sp³-hybridized carbons (Fsp3) is 0.367. The Hall–Kier alpha value is -3.87. The van der Waals surface area contributed by atoms with Crippen LogP contribution in [0, 0.1) is 0 Å². The van der Waals surface area contributed by atoms with Gasteiger partial charge in [-0.3, -0.25) is 9.59 Å². The predicted octanol–water partition coefficient (Wildman–Crippen LogP) is 5.99. The van der Waals surface area contributed by atoms with E-state index in [4.69, 9.17) is 4.42 Å². The second-order valence-electron chi connectivity index (χ2n) is 9.93. The van der Waals surface area contributed by atoms with Crippen LogP contribution in [-0.4, -0.2) is 33.9 Å². The largest absolute Gasteiger partial charge is 0.427 e. The summed E-state index contributed by atoms with van der Waals surface area (Å²) in [5, 5.41) is 5.13. The van der Waals surface area contributed by atoms with Crippen LogP contribution in [0.25, 0.3) is 21.8 Å². The molecule has 0 atom stereocenters. The number of likely N-dealkylation sites (N-methyl/N-ethyl adjacent to an activating group) is 1. The number of amides is 2. The Labute approximate surface area is 217 Å².